The smallest absolute Gasteiger partial charge is 0.306 e. The molecule has 0 aliphatic carbocycles. The van der Waals surface area contributed by atoms with Gasteiger partial charge in [0.25, 0.3) is 0 Å². The second-order valence-corrected chi connectivity index (χ2v) is 6.08. The van der Waals surface area contributed by atoms with Crippen LogP contribution in [0, 0.1) is 0 Å². The first-order valence-electron chi connectivity index (χ1n) is 6.14. The molecule has 4 nitrogen and oxygen atoms in total. The number of halogens is 2. The molecule has 0 fully saturated rings. The molecule has 0 radical (unpaired) electrons. The zero-order valence-electron chi connectivity index (χ0n) is 11.6. The first kappa shape index (κ1) is 16.8. The van der Waals surface area contributed by atoms with Crippen molar-refractivity contribution >= 4 is 40.8 Å². The van der Waals surface area contributed by atoms with E-state index in [1.54, 1.807) is 39.0 Å². The molecule has 1 N–H and O–H groups in total. The molecule has 0 bridgehead atoms. The Hall–Kier alpha value is -1.26. The predicted octanol–water partition coefficient (Wildman–Crippen LogP) is 4.05. The Kier molecular flexibility index (Phi) is 5.84. The number of hydrogen-bond donors (Lipinski definition) is 1. The van der Waals surface area contributed by atoms with Crippen molar-refractivity contribution in [2.24, 2.45) is 0 Å². The zero-order chi connectivity index (χ0) is 15.3. The topological polar surface area (TPSA) is 55.4 Å². The number of rotatable bonds is 4. The van der Waals surface area contributed by atoms with Crippen LogP contribution in [0.25, 0.3) is 0 Å². The van der Waals surface area contributed by atoms with Gasteiger partial charge in [0.2, 0.25) is 5.91 Å². The van der Waals surface area contributed by atoms with Crippen LogP contribution in [-0.2, 0) is 14.3 Å². The maximum absolute atomic E-state index is 11.7. The average Bonchev–Trinajstić information content (AvgIpc) is 2.29. The summed E-state index contributed by atoms with van der Waals surface area (Å²) in [6.45, 7) is 5.34. The molecule has 1 aromatic carbocycles. The minimum atomic E-state index is -0.544. The summed E-state index contributed by atoms with van der Waals surface area (Å²) in [7, 11) is 0. The largest absolute Gasteiger partial charge is 0.460 e. The molecule has 0 heterocycles. The van der Waals surface area contributed by atoms with Crippen LogP contribution >= 0.6 is 23.2 Å². The summed E-state index contributed by atoms with van der Waals surface area (Å²) < 4.78 is 5.12. The van der Waals surface area contributed by atoms with Crippen LogP contribution in [0.1, 0.15) is 33.6 Å². The number of anilines is 1. The lowest BCUT2D eigenvalue weighted by atomic mass is 10.2. The summed E-state index contributed by atoms with van der Waals surface area (Å²) in [5, 5.41) is 3.41. The standard InChI is InChI=1S/C14H17Cl2NO3/c1-14(2,3)20-13(19)7-6-12(18)17-9-4-5-10(15)11(16)8-9/h4-5,8H,6-7H2,1-3H3,(H,17,18). The number of nitrogens with one attached hydrogen (secondary N) is 1. The number of carbonyl (C=O) groups is 2. The van der Waals surface area contributed by atoms with Crippen LogP contribution in [0.15, 0.2) is 18.2 Å². The lowest BCUT2D eigenvalue weighted by Gasteiger charge is -2.19. The van der Waals surface area contributed by atoms with Gasteiger partial charge < -0.3 is 10.1 Å². The Balaban J connectivity index is 2.44. The molecule has 110 valence electrons. The summed E-state index contributed by atoms with van der Waals surface area (Å²) in [6, 6.07) is 4.78. The third-order valence-corrected chi connectivity index (χ3v) is 2.92. The molecule has 0 aliphatic rings. The van der Waals surface area contributed by atoms with E-state index in [1.807, 2.05) is 0 Å². The van der Waals surface area contributed by atoms with Crippen molar-refractivity contribution in [2.45, 2.75) is 39.2 Å². The molecule has 0 aromatic heterocycles. The first-order chi connectivity index (χ1) is 9.17. The second kappa shape index (κ2) is 6.95. The van der Waals surface area contributed by atoms with Gasteiger partial charge >= 0.3 is 5.97 Å². The lowest BCUT2D eigenvalue weighted by molar-refractivity contribution is -0.155. The molecular weight excluding hydrogens is 301 g/mol. The molecule has 0 atom stereocenters. The lowest BCUT2D eigenvalue weighted by Crippen LogP contribution is -2.24. The van der Waals surface area contributed by atoms with Crippen LogP contribution in [0.2, 0.25) is 10.0 Å². The minimum Gasteiger partial charge on any atom is -0.460 e. The van der Waals surface area contributed by atoms with Crippen molar-refractivity contribution in [3.05, 3.63) is 28.2 Å². The highest BCUT2D eigenvalue weighted by Crippen LogP contribution is 2.25. The summed E-state index contributed by atoms with van der Waals surface area (Å²) >= 11 is 11.6. The van der Waals surface area contributed by atoms with E-state index in [-0.39, 0.29) is 18.7 Å². The van der Waals surface area contributed by atoms with Crippen molar-refractivity contribution in [3.8, 4) is 0 Å². The molecule has 20 heavy (non-hydrogen) atoms. The number of amides is 1. The highest BCUT2D eigenvalue weighted by atomic mass is 35.5. The van der Waals surface area contributed by atoms with E-state index in [4.69, 9.17) is 27.9 Å². The van der Waals surface area contributed by atoms with E-state index in [1.165, 1.54) is 0 Å². The molecular formula is C14H17Cl2NO3. The SMILES string of the molecule is CC(C)(C)OC(=O)CCC(=O)Nc1ccc(Cl)c(Cl)c1. The molecule has 1 rings (SSSR count). The Morgan fingerprint density at radius 1 is 1.15 bits per heavy atom. The fourth-order valence-corrected chi connectivity index (χ4v) is 1.70. The van der Waals surface area contributed by atoms with E-state index in [0.29, 0.717) is 15.7 Å². The predicted molar refractivity (Wildman–Crippen MR) is 80.2 cm³/mol. The molecule has 0 aliphatic heterocycles. The Morgan fingerprint density at radius 3 is 2.35 bits per heavy atom. The Morgan fingerprint density at radius 2 is 1.80 bits per heavy atom. The van der Waals surface area contributed by atoms with Gasteiger partial charge in [-0.25, -0.2) is 0 Å². The number of hydrogen-bond acceptors (Lipinski definition) is 3. The van der Waals surface area contributed by atoms with E-state index in [9.17, 15) is 9.59 Å². The molecule has 0 saturated carbocycles. The summed E-state index contributed by atoms with van der Waals surface area (Å²) in [6.07, 6.45) is 0.0829. The van der Waals surface area contributed by atoms with Crippen LogP contribution in [-0.4, -0.2) is 17.5 Å². The highest BCUT2D eigenvalue weighted by Gasteiger charge is 2.17. The van der Waals surface area contributed by atoms with Gasteiger partial charge in [-0.2, -0.15) is 0 Å². The molecule has 0 unspecified atom stereocenters. The Bertz CT molecular complexity index is 510. The summed E-state index contributed by atoms with van der Waals surface area (Å²) in [5.41, 5.74) is -0.00865. The Labute approximate surface area is 128 Å². The number of benzene rings is 1. The van der Waals surface area contributed by atoms with Crippen molar-refractivity contribution < 1.29 is 14.3 Å². The van der Waals surface area contributed by atoms with Crippen molar-refractivity contribution in [3.63, 3.8) is 0 Å². The third-order valence-electron chi connectivity index (χ3n) is 2.18. The van der Waals surface area contributed by atoms with E-state index in [2.05, 4.69) is 5.32 Å². The molecule has 6 heteroatoms. The number of ether oxygens (including phenoxy) is 1. The molecule has 0 spiro atoms. The van der Waals surface area contributed by atoms with Crippen molar-refractivity contribution in [1.82, 2.24) is 0 Å². The van der Waals surface area contributed by atoms with Gasteiger partial charge in [-0.3, -0.25) is 9.59 Å². The second-order valence-electron chi connectivity index (χ2n) is 5.26. The normalized spacial score (nSPS) is 11.1. The molecule has 1 aromatic rings. The van der Waals surface area contributed by atoms with Gasteiger partial charge in [-0.1, -0.05) is 23.2 Å². The van der Waals surface area contributed by atoms with E-state index >= 15 is 0 Å². The zero-order valence-corrected chi connectivity index (χ0v) is 13.1. The minimum absolute atomic E-state index is 0.0322. The van der Waals surface area contributed by atoms with Gasteiger partial charge in [0.05, 0.1) is 16.5 Å². The summed E-state index contributed by atoms with van der Waals surface area (Å²) in [4.78, 5) is 23.2. The van der Waals surface area contributed by atoms with Crippen LogP contribution in [0.3, 0.4) is 0 Å². The van der Waals surface area contributed by atoms with E-state index < -0.39 is 11.6 Å². The number of carbonyl (C=O) groups excluding carboxylic acids is 2. The quantitative estimate of drug-likeness (QED) is 0.852. The van der Waals surface area contributed by atoms with Crippen LogP contribution in [0.5, 0.6) is 0 Å². The first-order valence-corrected chi connectivity index (χ1v) is 6.90. The maximum Gasteiger partial charge on any atom is 0.306 e. The average molecular weight is 318 g/mol. The van der Waals surface area contributed by atoms with Gasteiger partial charge in [-0.05, 0) is 39.0 Å². The fourth-order valence-electron chi connectivity index (χ4n) is 1.41. The van der Waals surface area contributed by atoms with Gasteiger partial charge in [0.1, 0.15) is 5.60 Å². The third kappa shape index (κ3) is 6.26. The highest BCUT2D eigenvalue weighted by molar-refractivity contribution is 6.42. The van der Waals surface area contributed by atoms with Crippen LogP contribution < -0.4 is 5.32 Å². The van der Waals surface area contributed by atoms with Gasteiger partial charge in [0, 0.05) is 12.1 Å². The molecule has 1 amide bonds. The summed E-state index contributed by atoms with van der Waals surface area (Å²) in [5.74, 6) is -0.684. The fraction of sp³-hybridized carbons (Fsp3) is 0.429. The molecule has 0 saturated heterocycles. The van der Waals surface area contributed by atoms with Crippen molar-refractivity contribution in [2.75, 3.05) is 5.32 Å². The van der Waals surface area contributed by atoms with Crippen molar-refractivity contribution in [1.29, 1.82) is 0 Å². The van der Waals surface area contributed by atoms with Gasteiger partial charge in [0.15, 0.2) is 0 Å². The van der Waals surface area contributed by atoms with E-state index in [0.717, 1.165) is 0 Å². The van der Waals surface area contributed by atoms with Gasteiger partial charge in [-0.15, -0.1) is 0 Å². The maximum atomic E-state index is 11.7. The monoisotopic (exact) mass is 317 g/mol. The van der Waals surface area contributed by atoms with Crippen LogP contribution in [0.4, 0.5) is 5.69 Å². The number of esters is 1.